The summed E-state index contributed by atoms with van der Waals surface area (Å²) in [5, 5.41) is 6.69. The minimum atomic E-state index is -2.96. The second-order valence-corrected chi connectivity index (χ2v) is 4.79. The van der Waals surface area contributed by atoms with E-state index in [0.717, 1.165) is 5.56 Å². The van der Waals surface area contributed by atoms with Crippen molar-refractivity contribution in [2.75, 3.05) is 5.32 Å². The average molecular weight is 309 g/mol. The Labute approximate surface area is 126 Å². The lowest BCUT2D eigenvalue weighted by atomic mass is 10.2. The maximum absolute atomic E-state index is 12.4. The molecule has 1 amide bonds. The van der Waals surface area contributed by atoms with Gasteiger partial charge in [-0.3, -0.25) is 9.48 Å². The fraction of sp³-hybridized carbons (Fsp3) is 0.333. The Morgan fingerprint density at radius 3 is 2.73 bits per heavy atom. The van der Waals surface area contributed by atoms with Gasteiger partial charge in [-0.2, -0.15) is 13.9 Å². The minimum absolute atomic E-state index is 0.0745. The molecule has 0 saturated heterocycles. The van der Waals surface area contributed by atoms with Crippen molar-refractivity contribution in [3.05, 3.63) is 41.2 Å². The van der Waals surface area contributed by atoms with Crippen LogP contribution in [-0.2, 0) is 6.54 Å². The van der Waals surface area contributed by atoms with Crippen molar-refractivity contribution in [3.63, 3.8) is 0 Å². The van der Waals surface area contributed by atoms with Crippen molar-refractivity contribution < 1.29 is 18.3 Å². The van der Waals surface area contributed by atoms with E-state index in [9.17, 15) is 13.6 Å². The van der Waals surface area contributed by atoms with Crippen molar-refractivity contribution in [1.82, 2.24) is 9.78 Å². The molecular formula is C15H17F2N3O2. The van der Waals surface area contributed by atoms with Gasteiger partial charge in [0.25, 0.3) is 5.91 Å². The lowest BCUT2D eigenvalue weighted by Crippen LogP contribution is -2.15. The molecule has 5 nitrogen and oxygen atoms in total. The fourth-order valence-corrected chi connectivity index (χ4v) is 2.12. The highest BCUT2D eigenvalue weighted by molar-refractivity contribution is 6.05. The molecule has 2 rings (SSSR count). The normalized spacial score (nSPS) is 10.8. The molecule has 0 aliphatic heterocycles. The zero-order chi connectivity index (χ0) is 16.3. The third-order valence-electron chi connectivity index (χ3n) is 3.25. The molecule has 0 radical (unpaired) electrons. The van der Waals surface area contributed by atoms with E-state index in [2.05, 4.69) is 15.2 Å². The topological polar surface area (TPSA) is 56.2 Å². The maximum Gasteiger partial charge on any atom is 0.387 e. The number of hydrogen-bond acceptors (Lipinski definition) is 3. The number of ether oxygens (including phenoxy) is 1. The number of alkyl halides is 2. The van der Waals surface area contributed by atoms with E-state index in [4.69, 9.17) is 0 Å². The van der Waals surface area contributed by atoms with Gasteiger partial charge in [0.05, 0.1) is 17.4 Å². The molecule has 0 spiro atoms. The molecule has 118 valence electrons. The monoisotopic (exact) mass is 309 g/mol. The molecule has 0 aliphatic rings. The van der Waals surface area contributed by atoms with Gasteiger partial charge in [-0.15, -0.1) is 0 Å². The second-order valence-electron chi connectivity index (χ2n) is 4.79. The Kier molecular flexibility index (Phi) is 4.75. The van der Waals surface area contributed by atoms with E-state index < -0.39 is 12.5 Å². The van der Waals surface area contributed by atoms with Gasteiger partial charge in [0.15, 0.2) is 0 Å². The van der Waals surface area contributed by atoms with E-state index in [1.807, 2.05) is 6.92 Å². The molecule has 7 heteroatoms. The number of amides is 1. The van der Waals surface area contributed by atoms with Crippen LogP contribution in [0.1, 0.15) is 28.5 Å². The number of carbonyl (C=O) groups excluding carboxylic acids is 1. The first-order chi connectivity index (χ1) is 10.4. The number of halogens is 2. The molecule has 22 heavy (non-hydrogen) atoms. The lowest BCUT2D eigenvalue weighted by Gasteiger charge is -2.12. The third-order valence-corrected chi connectivity index (χ3v) is 3.25. The summed E-state index contributed by atoms with van der Waals surface area (Å²) in [7, 11) is 0. The van der Waals surface area contributed by atoms with Crippen LogP contribution < -0.4 is 10.1 Å². The van der Waals surface area contributed by atoms with Gasteiger partial charge in [0.2, 0.25) is 0 Å². The van der Waals surface area contributed by atoms with Crippen LogP contribution in [0.2, 0.25) is 0 Å². The van der Waals surface area contributed by atoms with Crippen molar-refractivity contribution >= 4 is 11.6 Å². The number of aromatic nitrogens is 2. The molecule has 0 atom stereocenters. The molecular weight excluding hydrogens is 292 g/mol. The Bertz CT molecular complexity index is 683. The van der Waals surface area contributed by atoms with Crippen molar-refractivity contribution in [2.45, 2.75) is 33.9 Å². The molecule has 0 unspecified atom stereocenters. The Morgan fingerprint density at radius 2 is 2.14 bits per heavy atom. The van der Waals surface area contributed by atoms with Gasteiger partial charge in [0, 0.05) is 12.2 Å². The highest BCUT2D eigenvalue weighted by Gasteiger charge is 2.17. The van der Waals surface area contributed by atoms with Crippen molar-refractivity contribution in [2.24, 2.45) is 0 Å². The molecule has 1 aromatic heterocycles. The SMILES string of the molecule is CCn1ncc(C(=O)Nc2cc(C)ccc2OC(F)F)c1C. The van der Waals surface area contributed by atoms with Crippen LogP contribution in [0.25, 0.3) is 0 Å². The smallest absolute Gasteiger partial charge is 0.387 e. The number of nitrogens with one attached hydrogen (secondary N) is 1. The molecule has 0 aliphatic carbocycles. The summed E-state index contributed by atoms with van der Waals surface area (Å²) in [6.07, 6.45) is 1.46. The summed E-state index contributed by atoms with van der Waals surface area (Å²) >= 11 is 0. The van der Waals surface area contributed by atoms with E-state index in [1.54, 1.807) is 30.7 Å². The first kappa shape index (κ1) is 15.9. The summed E-state index contributed by atoms with van der Waals surface area (Å²) in [6, 6.07) is 4.61. The maximum atomic E-state index is 12.4. The van der Waals surface area contributed by atoms with Crippen LogP contribution in [0.3, 0.4) is 0 Å². The Morgan fingerprint density at radius 1 is 1.41 bits per heavy atom. The van der Waals surface area contributed by atoms with Crippen LogP contribution in [-0.4, -0.2) is 22.3 Å². The zero-order valence-corrected chi connectivity index (χ0v) is 12.6. The average Bonchev–Trinajstić information content (AvgIpc) is 2.82. The summed E-state index contributed by atoms with van der Waals surface area (Å²) in [5.41, 5.74) is 2.13. The number of aryl methyl sites for hydroxylation is 2. The summed E-state index contributed by atoms with van der Waals surface area (Å²) in [6.45, 7) is 3.17. The first-order valence-electron chi connectivity index (χ1n) is 6.81. The van der Waals surface area contributed by atoms with Crippen LogP contribution in [0.15, 0.2) is 24.4 Å². The standard InChI is InChI=1S/C15H17F2N3O2/c1-4-20-10(3)11(8-18-20)14(21)19-12-7-9(2)5-6-13(12)22-15(16)17/h5-8,15H,4H2,1-3H3,(H,19,21). The van der Waals surface area contributed by atoms with E-state index in [1.165, 1.54) is 12.3 Å². The third kappa shape index (κ3) is 3.41. The van der Waals surface area contributed by atoms with Gasteiger partial charge in [-0.25, -0.2) is 0 Å². The first-order valence-corrected chi connectivity index (χ1v) is 6.81. The summed E-state index contributed by atoms with van der Waals surface area (Å²) in [5.74, 6) is -0.489. The lowest BCUT2D eigenvalue weighted by molar-refractivity contribution is -0.0493. The fourth-order valence-electron chi connectivity index (χ4n) is 2.12. The number of rotatable bonds is 5. The number of nitrogens with zero attached hydrogens (tertiary/aromatic N) is 2. The summed E-state index contributed by atoms with van der Waals surface area (Å²) < 4.78 is 31.0. The number of hydrogen-bond donors (Lipinski definition) is 1. The molecule has 0 saturated carbocycles. The second kappa shape index (κ2) is 6.55. The number of anilines is 1. The molecule has 1 N–H and O–H groups in total. The quantitative estimate of drug-likeness (QED) is 0.921. The molecule has 1 aromatic carbocycles. The molecule has 0 fully saturated rings. The van der Waals surface area contributed by atoms with E-state index in [-0.39, 0.29) is 11.4 Å². The Balaban J connectivity index is 2.27. The highest BCUT2D eigenvalue weighted by atomic mass is 19.3. The highest BCUT2D eigenvalue weighted by Crippen LogP contribution is 2.28. The molecule has 1 heterocycles. The van der Waals surface area contributed by atoms with E-state index in [0.29, 0.717) is 17.8 Å². The number of carbonyl (C=O) groups is 1. The van der Waals surface area contributed by atoms with Crippen molar-refractivity contribution in [3.8, 4) is 5.75 Å². The summed E-state index contributed by atoms with van der Waals surface area (Å²) in [4.78, 5) is 12.3. The van der Waals surface area contributed by atoms with Crippen LogP contribution in [0.4, 0.5) is 14.5 Å². The predicted octanol–water partition coefficient (Wildman–Crippen LogP) is 3.37. The minimum Gasteiger partial charge on any atom is -0.433 e. The Hall–Kier alpha value is -2.44. The van der Waals surface area contributed by atoms with Crippen LogP contribution in [0, 0.1) is 13.8 Å². The van der Waals surface area contributed by atoms with Crippen LogP contribution >= 0.6 is 0 Å². The van der Waals surface area contributed by atoms with Gasteiger partial charge >= 0.3 is 6.61 Å². The molecule has 0 bridgehead atoms. The van der Waals surface area contributed by atoms with Gasteiger partial charge < -0.3 is 10.1 Å². The van der Waals surface area contributed by atoms with E-state index >= 15 is 0 Å². The van der Waals surface area contributed by atoms with Gasteiger partial charge in [0.1, 0.15) is 5.75 Å². The zero-order valence-electron chi connectivity index (χ0n) is 12.6. The molecule has 2 aromatic rings. The van der Waals surface area contributed by atoms with Gasteiger partial charge in [-0.05, 0) is 38.5 Å². The van der Waals surface area contributed by atoms with Crippen molar-refractivity contribution in [1.29, 1.82) is 0 Å². The number of benzene rings is 1. The van der Waals surface area contributed by atoms with Crippen LogP contribution in [0.5, 0.6) is 5.75 Å². The largest absolute Gasteiger partial charge is 0.433 e. The predicted molar refractivity (Wildman–Crippen MR) is 78.4 cm³/mol. The van der Waals surface area contributed by atoms with Gasteiger partial charge in [-0.1, -0.05) is 6.07 Å².